The van der Waals surface area contributed by atoms with Crippen molar-refractivity contribution >= 4 is 11.8 Å². The molecule has 1 N–H and O–H groups in total. The molecule has 4 nitrogen and oxygen atoms in total. The molecule has 5 heteroatoms. The number of thioether (sulfide) groups is 1. The first-order chi connectivity index (χ1) is 11.4. The van der Waals surface area contributed by atoms with Crippen molar-refractivity contribution in [2.75, 3.05) is 19.3 Å². The number of aromatic nitrogens is 2. The van der Waals surface area contributed by atoms with Crippen LogP contribution in [-0.4, -0.2) is 34.2 Å². The molecule has 2 aliphatic rings. The van der Waals surface area contributed by atoms with Crippen molar-refractivity contribution in [2.24, 2.45) is 5.41 Å². The van der Waals surface area contributed by atoms with Gasteiger partial charge in [0.15, 0.2) is 5.16 Å². The largest absolute Gasteiger partial charge is 0.301 e. The van der Waals surface area contributed by atoms with Gasteiger partial charge in [-0.2, -0.15) is 0 Å². The molecule has 0 saturated heterocycles. The van der Waals surface area contributed by atoms with Crippen LogP contribution in [-0.2, 0) is 13.0 Å². The van der Waals surface area contributed by atoms with E-state index < -0.39 is 0 Å². The van der Waals surface area contributed by atoms with E-state index in [2.05, 4.69) is 35.6 Å². The van der Waals surface area contributed by atoms with Crippen LogP contribution < -0.4 is 5.56 Å². The quantitative estimate of drug-likeness (QED) is 0.512. The fourth-order valence-corrected chi connectivity index (χ4v) is 4.64. The first-order valence-electron chi connectivity index (χ1n) is 8.98. The number of H-pyrrole nitrogens is 1. The summed E-state index contributed by atoms with van der Waals surface area (Å²) in [6.07, 6.45) is 7.82. The summed E-state index contributed by atoms with van der Waals surface area (Å²) in [5, 5.41) is 0.733. The summed E-state index contributed by atoms with van der Waals surface area (Å²) in [5.74, 6) is 0. The molecule has 0 radical (unpaired) electrons. The van der Waals surface area contributed by atoms with Gasteiger partial charge < -0.3 is 4.98 Å². The molecule has 0 bridgehead atoms. The van der Waals surface area contributed by atoms with Crippen molar-refractivity contribution in [1.82, 2.24) is 14.9 Å². The van der Waals surface area contributed by atoms with Gasteiger partial charge in [-0.1, -0.05) is 36.8 Å². The van der Waals surface area contributed by atoms with Crippen LogP contribution in [0.25, 0.3) is 0 Å². The maximum Gasteiger partial charge on any atom is 0.256 e. The molecule has 0 unspecified atom stereocenters. The summed E-state index contributed by atoms with van der Waals surface area (Å²) in [4.78, 5) is 22.2. The number of hydrogen-bond acceptors (Lipinski definition) is 4. The van der Waals surface area contributed by atoms with Gasteiger partial charge in [-0.05, 0) is 44.3 Å². The summed E-state index contributed by atoms with van der Waals surface area (Å²) >= 11 is 1.50. The number of nitrogens with zero attached hydrogens (tertiary/aromatic N) is 2. The van der Waals surface area contributed by atoms with Crippen LogP contribution in [0.4, 0.5) is 0 Å². The first-order valence-corrected chi connectivity index (χ1v) is 10.2. The van der Waals surface area contributed by atoms with Crippen molar-refractivity contribution in [1.29, 1.82) is 0 Å². The van der Waals surface area contributed by atoms with Gasteiger partial charge in [-0.15, -0.1) is 0 Å². The van der Waals surface area contributed by atoms with E-state index in [1.807, 2.05) is 6.26 Å². The summed E-state index contributed by atoms with van der Waals surface area (Å²) in [6.45, 7) is 9.85. The predicted molar refractivity (Wildman–Crippen MR) is 101 cm³/mol. The molecule has 1 aliphatic carbocycles. The van der Waals surface area contributed by atoms with Crippen LogP contribution in [0.3, 0.4) is 0 Å². The number of nitrogens with one attached hydrogen (secondary N) is 1. The number of rotatable bonds is 4. The van der Waals surface area contributed by atoms with Gasteiger partial charge in [0, 0.05) is 26.1 Å². The highest BCUT2D eigenvalue weighted by molar-refractivity contribution is 7.98. The number of hydrogen-bond donors (Lipinski definition) is 1. The second kappa shape index (κ2) is 7.04. The van der Waals surface area contributed by atoms with Crippen LogP contribution in [0.5, 0.6) is 0 Å². The van der Waals surface area contributed by atoms with Crippen LogP contribution in [0.15, 0.2) is 21.1 Å². The third kappa shape index (κ3) is 3.62. The minimum Gasteiger partial charge on any atom is -0.301 e. The van der Waals surface area contributed by atoms with Crippen LogP contribution >= 0.6 is 11.8 Å². The highest BCUT2D eigenvalue weighted by Crippen LogP contribution is 2.41. The molecular weight excluding hydrogens is 318 g/mol. The average molecular weight is 348 g/mol. The lowest BCUT2D eigenvalue weighted by molar-refractivity contribution is 0.241. The molecule has 1 aromatic heterocycles. The lowest BCUT2D eigenvalue weighted by Crippen LogP contribution is -2.37. The van der Waals surface area contributed by atoms with Gasteiger partial charge in [-0.3, -0.25) is 9.69 Å². The lowest BCUT2D eigenvalue weighted by Gasteiger charge is -2.36. The normalized spacial score (nSPS) is 21.0. The lowest BCUT2D eigenvalue weighted by atomic mass is 9.71. The zero-order valence-corrected chi connectivity index (χ0v) is 16.2. The van der Waals surface area contributed by atoms with E-state index in [-0.39, 0.29) is 5.56 Å². The van der Waals surface area contributed by atoms with Crippen LogP contribution in [0, 0.1) is 5.41 Å². The Morgan fingerprint density at radius 2 is 2.12 bits per heavy atom. The molecule has 0 spiro atoms. The average Bonchev–Trinajstić information content (AvgIpc) is 2.54. The van der Waals surface area contributed by atoms with Crippen LogP contribution in [0.2, 0.25) is 0 Å². The minimum absolute atomic E-state index is 0.0439. The highest BCUT2D eigenvalue weighted by atomic mass is 32.2. The number of allylic oxidation sites excluding steroid dienone is 1. The van der Waals surface area contributed by atoms with E-state index in [4.69, 9.17) is 0 Å². The Balaban J connectivity index is 1.70. The zero-order chi connectivity index (χ0) is 17.3. The van der Waals surface area contributed by atoms with E-state index in [1.54, 1.807) is 11.1 Å². The van der Waals surface area contributed by atoms with Crippen molar-refractivity contribution in [2.45, 2.75) is 64.6 Å². The second-order valence-electron chi connectivity index (χ2n) is 7.77. The zero-order valence-electron chi connectivity index (χ0n) is 15.4. The van der Waals surface area contributed by atoms with Gasteiger partial charge in [0.2, 0.25) is 0 Å². The Morgan fingerprint density at radius 3 is 2.83 bits per heavy atom. The molecule has 0 fully saturated rings. The molecule has 0 saturated carbocycles. The highest BCUT2D eigenvalue weighted by Gasteiger charge is 2.29. The maximum atomic E-state index is 12.3. The molecule has 1 aliphatic heterocycles. The molecule has 0 amide bonds. The summed E-state index contributed by atoms with van der Waals surface area (Å²) in [5.41, 5.74) is 5.47. The molecule has 2 heterocycles. The molecule has 0 aromatic carbocycles. The van der Waals surface area contributed by atoms with Crippen molar-refractivity contribution in [3.63, 3.8) is 0 Å². The van der Waals surface area contributed by atoms with Gasteiger partial charge in [-0.25, -0.2) is 4.98 Å². The molecule has 0 atom stereocenters. The summed E-state index contributed by atoms with van der Waals surface area (Å²) in [6, 6.07) is 0. The van der Waals surface area contributed by atoms with Gasteiger partial charge in [0.05, 0.1) is 11.3 Å². The first kappa shape index (κ1) is 17.7. The third-order valence-electron chi connectivity index (χ3n) is 5.68. The number of aromatic amines is 1. The van der Waals surface area contributed by atoms with E-state index in [1.165, 1.54) is 31.0 Å². The van der Waals surface area contributed by atoms with Gasteiger partial charge in [0.25, 0.3) is 5.56 Å². The molecule has 24 heavy (non-hydrogen) atoms. The molecule has 132 valence electrons. The van der Waals surface area contributed by atoms with Crippen molar-refractivity contribution in [3.8, 4) is 0 Å². The van der Waals surface area contributed by atoms with Crippen molar-refractivity contribution < 1.29 is 0 Å². The Kier molecular flexibility index (Phi) is 5.21. The summed E-state index contributed by atoms with van der Waals surface area (Å²) < 4.78 is 0. The minimum atomic E-state index is 0.0439. The van der Waals surface area contributed by atoms with E-state index in [0.717, 1.165) is 48.9 Å². The van der Waals surface area contributed by atoms with Gasteiger partial charge >= 0.3 is 0 Å². The fourth-order valence-electron chi connectivity index (χ4n) is 4.24. The summed E-state index contributed by atoms with van der Waals surface area (Å²) in [7, 11) is 0. The smallest absolute Gasteiger partial charge is 0.256 e. The predicted octanol–water partition coefficient (Wildman–Crippen LogP) is 3.77. The van der Waals surface area contributed by atoms with E-state index in [0.29, 0.717) is 5.41 Å². The van der Waals surface area contributed by atoms with E-state index in [9.17, 15) is 4.79 Å². The fraction of sp³-hybridized carbons (Fsp3) is 0.684. The van der Waals surface area contributed by atoms with Gasteiger partial charge in [0.1, 0.15) is 0 Å². The Morgan fingerprint density at radius 1 is 1.33 bits per heavy atom. The maximum absolute atomic E-state index is 12.3. The van der Waals surface area contributed by atoms with Crippen LogP contribution in [0.1, 0.15) is 57.7 Å². The SMILES string of the molecule is CSc1nc2c(c(=O)[nH]1)CN(CCC1=C(C)CCCC1(C)C)CC2. The monoisotopic (exact) mass is 347 g/mol. The Labute approximate surface area is 149 Å². The Bertz CT molecular complexity index is 705. The van der Waals surface area contributed by atoms with E-state index >= 15 is 0 Å². The topological polar surface area (TPSA) is 49.0 Å². The standard InChI is InChI=1S/C19H29N3OS/c1-13-6-5-9-19(2,3)15(13)7-10-22-11-8-16-14(12-22)17(23)21-18(20-16)24-4/h5-12H2,1-4H3,(H,20,21,23). The Hall–Kier alpha value is -1.07. The molecular formula is C19H29N3OS. The molecule has 3 rings (SSSR count). The molecule has 1 aromatic rings. The third-order valence-corrected chi connectivity index (χ3v) is 6.26. The number of fused-ring (bicyclic) bond motifs is 1. The van der Waals surface area contributed by atoms with Crippen molar-refractivity contribution in [3.05, 3.63) is 32.8 Å². The second-order valence-corrected chi connectivity index (χ2v) is 8.57.